The first-order valence-corrected chi connectivity index (χ1v) is 5.79. The highest BCUT2D eigenvalue weighted by molar-refractivity contribution is 5.75. The van der Waals surface area contributed by atoms with Gasteiger partial charge in [0.05, 0.1) is 6.42 Å². The third-order valence-corrected chi connectivity index (χ3v) is 2.43. The number of benzene rings is 1. The minimum Gasteiger partial charge on any atom is -0.481 e. The van der Waals surface area contributed by atoms with E-state index in [1.165, 1.54) is 5.56 Å². The van der Waals surface area contributed by atoms with Crippen molar-refractivity contribution in [2.75, 3.05) is 0 Å². The molecule has 3 N–H and O–H groups in total. The zero-order chi connectivity index (χ0) is 13.5. The highest BCUT2D eigenvalue weighted by Gasteiger charge is 2.10. The summed E-state index contributed by atoms with van der Waals surface area (Å²) in [6.07, 6.45) is -0.0854. The van der Waals surface area contributed by atoms with Crippen LogP contribution in [-0.4, -0.2) is 23.1 Å². The molecule has 0 heterocycles. The molecule has 0 saturated heterocycles. The zero-order valence-electron chi connectivity index (χ0n) is 10.6. The summed E-state index contributed by atoms with van der Waals surface area (Å²) in [5.74, 6) is -0.929. The number of hydrogen-bond acceptors (Lipinski definition) is 2. The van der Waals surface area contributed by atoms with E-state index in [2.05, 4.69) is 10.6 Å². The van der Waals surface area contributed by atoms with Gasteiger partial charge in [-0.2, -0.15) is 0 Å². The summed E-state index contributed by atoms with van der Waals surface area (Å²) in [5, 5.41) is 13.8. The number of amides is 2. The minimum atomic E-state index is -0.929. The van der Waals surface area contributed by atoms with Crippen molar-refractivity contribution in [2.45, 2.75) is 32.9 Å². The Hall–Kier alpha value is -2.04. The maximum atomic E-state index is 11.5. The highest BCUT2D eigenvalue weighted by atomic mass is 16.4. The van der Waals surface area contributed by atoms with Crippen LogP contribution in [0, 0.1) is 6.92 Å². The van der Waals surface area contributed by atoms with Crippen molar-refractivity contribution in [3.63, 3.8) is 0 Å². The molecule has 98 valence electrons. The number of carboxylic acids is 1. The lowest BCUT2D eigenvalue weighted by molar-refractivity contribution is -0.137. The van der Waals surface area contributed by atoms with Crippen molar-refractivity contribution in [2.24, 2.45) is 0 Å². The summed E-state index contributed by atoms with van der Waals surface area (Å²) in [6.45, 7) is 4.07. The van der Waals surface area contributed by atoms with E-state index in [4.69, 9.17) is 5.11 Å². The van der Waals surface area contributed by atoms with Crippen LogP contribution < -0.4 is 10.6 Å². The molecule has 0 aromatic heterocycles. The largest absolute Gasteiger partial charge is 0.481 e. The van der Waals surface area contributed by atoms with Crippen LogP contribution in [0.1, 0.15) is 24.5 Å². The molecule has 0 fully saturated rings. The van der Waals surface area contributed by atoms with E-state index >= 15 is 0 Å². The van der Waals surface area contributed by atoms with Crippen LogP contribution >= 0.6 is 0 Å². The molecule has 0 aliphatic heterocycles. The van der Waals surface area contributed by atoms with Crippen molar-refractivity contribution in [1.82, 2.24) is 10.6 Å². The van der Waals surface area contributed by atoms with Crippen molar-refractivity contribution in [3.05, 3.63) is 35.4 Å². The third-order valence-electron chi connectivity index (χ3n) is 2.43. The SMILES string of the molecule is Cc1ccc(CNC(=O)NC(C)CC(=O)O)cc1. The molecular formula is C13H18N2O3. The summed E-state index contributed by atoms with van der Waals surface area (Å²) in [6, 6.07) is 7.08. The molecule has 1 unspecified atom stereocenters. The fraction of sp³-hybridized carbons (Fsp3) is 0.385. The maximum Gasteiger partial charge on any atom is 0.315 e. The van der Waals surface area contributed by atoms with E-state index in [0.717, 1.165) is 5.56 Å². The van der Waals surface area contributed by atoms with Gasteiger partial charge in [0.15, 0.2) is 0 Å². The van der Waals surface area contributed by atoms with E-state index < -0.39 is 5.97 Å². The number of nitrogens with one attached hydrogen (secondary N) is 2. The molecule has 2 amide bonds. The molecule has 1 aromatic carbocycles. The maximum absolute atomic E-state index is 11.5. The summed E-state index contributed by atoms with van der Waals surface area (Å²) in [4.78, 5) is 21.9. The molecule has 5 nitrogen and oxygen atoms in total. The second kappa shape index (κ2) is 6.64. The predicted molar refractivity (Wildman–Crippen MR) is 68.3 cm³/mol. The Morgan fingerprint density at radius 1 is 1.28 bits per heavy atom. The normalized spacial score (nSPS) is 11.7. The van der Waals surface area contributed by atoms with Crippen LogP contribution in [0.15, 0.2) is 24.3 Å². The highest BCUT2D eigenvalue weighted by Crippen LogP contribution is 2.02. The standard InChI is InChI=1S/C13H18N2O3/c1-9-3-5-11(6-4-9)8-14-13(18)15-10(2)7-12(16)17/h3-6,10H,7-8H2,1-2H3,(H,16,17)(H2,14,15,18). The molecular weight excluding hydrogens is 232 g/mol. The Kier molecular flexibility index (Phi) is 5.17. The number of aryl methyl sites for hydroxylation is 1. The second-order valence-corrected chi connectivity index (χ2v) is 4.31. The molecule has 0 aliphatic rings. The first-order valence-electron chi connectivity index (χ1n) is 5.79. The lowest BCUT2D eigenvalue weighted by atomic mass is 10.1. The van der Waals surface area contributed by atoms with Crippen LogP contribution in [0.2, 0.25) is 0 Å². The number of hydrogen-bond donors (Lipinski definition) is 3. The van der Waals surface area contributed by atoms with Gasteiger partial charge in [-0.25, -0.2) is 4.79 Å². The van der Waals surface area contributed by atoms with E-state index in [-0.39, 0.29) is 18.5 Å². The van der Waals surface area contributed by atoms with Gasteiger partial charge >= 0.3 is 12.0 Å². The Morgan fingerprint density at radius 3 is 2.44 bits per heavy atom. The average Bonchev–Trinajstić information content (AvgIpc) is 2.27. The first-order chi connectivity index (χ1) is 8.47. The molecule has 0 spiro atoms. The zero-order valence-corrected chi connectivity index (χ0v) is 10.6. The lowest BCUT2D eigenvalue weighted by Crippen LogP contribution is -2.41. The fourth-order valence-corrected chi connectivity index (χ4v) is 1.48. The summed E-state index contributed by atoms with van der Waals surface area (Å²) in [5.41, 5.74) is 2.17. The first kappa shape index (κ1) is 14.0. The van der Waals surface area contributed by atoms with Gasteiger partial charge in [-0.05, 0) is 19.4 Å². The van der Waals surface area contributed by atoms with Crippen LogP contribution in [0.4, 0.5) is 4.79 Å². The number of urea groups is 1. The Balaban J connectivity index is 2.32. The summed E-state index contributed by atoms with van der Waals surface area (Å²) in [7, 11) is 0. The third kappa shape index (κ3) is 5.34. The smallest absolute Gasteiger partial charge is 0.315 e. The van der Waals surface area contributed by atoms with Gasteiger partial charge in [0.25, 0.3) is 0 Å². The molecule has 0 radical (unpaired) electrons. The van der Waals surface area contributed by atoms with Gasteiger partial charge in [-0.15, -0.1) is 0 Å². The monoisotopic (exact) mass is 250 g/mol. The Morgan fingerprint density at radius 2 is 1.89 bits per heavy atom. The van der Waals surface area contributed by atoms with Crippen LogP contribution in [0.5, 0.6) is 0 Å². The van der Waals surface area contributed by atoms with E-state index in [1.54, 1.807) is 6.92 Å². The molecule has 1 aromatic rings. The predicted octanol–water partition coefficient (Wildman–Crippen LogP) is 1.66. The molecule has 0 saturated carbocycles. The van der Waals surface area contributed by atoms with Gasteiger partial charge in [0, 0.05) is 12.6 Å². The van der Waals surface area contributed by atoms with Gasteiger partial charge in [-0.3, -0.25) is 4.79 Å². The lowest BCUT2D eigenvalue weighted by Gasteiger charge is -2.12. The molecule has 1 rings (SSSR count). The van der Waals surface area contributed by atoms with Gasteiger partial charge in [-0.1, -0.05) is 29.8 Å². The van der Waals surface area contributed by atoms with Crippen LogP contribution in [-0.2, 0) is 11.3 Å². The van der Waals surface area contributed by atoms with Crippen molar-refractivity contribution in [1.29, 1.82) is 0 Å². The molecule has 0 bridgehead atoms. The van der Waals surface area contributed by atoms with Crippen molar-refractivity contribution < 1.29 is 14.7 Å². The van der Waals surface area contributed by atoms with E-state index in [0.29, 0.717) is 6.54 Å². The van der Waals surface area contributed by atoms with Crippen LogP contribution in [0.25, 0.3) is 0 Å². The quantitative estimate of drug-likeness (QED) is 0.743. The number of carbonyl (C=O) groups excluding carboxylic acids is 1. The average molecular weight is 250 g/mol. The van der Waals surface area contributed by atoms with Crippen molar-refractivity contribution >= 4 is 12.0 Å². The Labute approximate surface area is 106 Å². The fourth-order valence-electron chi connectivity index (χ4n) is 1.48. The number of rotatable bonds is 5. The number of carboxylic acid groups (broad SMARTS) is 1. The molecule has 18 heavy (non-hydrogen) atoms. The van der Waals surface area contributed by atoms with E-state index in [1.807, 2.05) is 31.2 Å². The number of aliphatic carboxylic acids is 1. The topological polar surface area (TPSA) is 78.4 Å². The van der Waals surface area contributed by atoms with Gasteiger partial charge in [0.1, 0.15) is 0 Å². The number of carbonyl (C=O) groups is 2. The second-order valence-electron chi connectivity index (χ2n) is 4.31. The van der Waals surface area contributed by atoms with Crippen molar-refractivity contribution in [3.8, 4) is 0 Å². The minimum absolute atomic E-state index is 0.0854. The molecule has 5 heteroatoms. The molecule has 0 aliphatic carbocycles. The van der Waals surface area contributed by atoms with E-state index in [9.17, 15) is 9.59 Å². The van der Waals surface area contributed by atoms with Crippen LogP contribution in [0.3, 0.4) is 0 Å². The summed E-state index contributed by atoms with van der Waals surface area (Å²) >= 11 is 0. The Bertz CT molecular complexity index is 415. The van der Waals surface area contributed by atoms with Gasteiger partial charge in [0.2, 0.25) is 0 Å². The summed E-state index contributed by atoms with van der Waals surface area (Å²) < 4.78 is 0. The molecule has 1 atom stereocenters. The van der Waals surface area contributed by atoms with Gasteiger partial charge < -0.3 is 15.7 Å².